The van der Waals surface area contributed by atoms with Crippen LogP contribution in [0.4, 0.5) is 0 Å². The first-order valence-corrected chi connectivity index (χ1v) is 7.52. The van der Waals surface area contributed by atoms with Crippen molar-refractivity contribution in [2.45, 2.75) is 64.8 Å². The van der Waals surface area contributed by atoms with Crippen molar-refractivity contribution in [2.24, 2.45) is 0 Å². The highest BCUT2D eigenvalue weighted by Gasteiger charge is 1.96. The van der Waals surface area contributed by atoms with Gasteiger partial charge in [0.15, 0.2) is 12.4 Å². The van der Waals surface area contributed by atoms with Crippen molar-refractivity contribution < 1.29 is 17.0 Å². The summed E-state index contributed by atoms with van der Waals surface area (Å²) in [6, 6.07) is 6.26. The zero-order chi connectivity index (χ0) is 12.9. The van der Waals surface area contributed by atoms with Gasteiger partial charge in [0, 0.05) is 18.6 Å². The fraction of sp³-hybridized carbons (Fsp3) is 0.588. The number of unbranched alkanes of at least 4 members (excludes halogenated alkanes) is 6. The molecule has 0 bridgehead atoms. The van der Waals surface area contributed by atoms with Crippen LogP contribution in [0.15, 0.2) is 42.7 Å². The van der Waals surface area contributed by atoms with Crippen LogP contribution in [0.1, 0.15) is 58.3 Å². The molecule has 1 nitrogen and oxygen atoms in total. The van der Waals surface area contributed by atoms with Gasteiger partial charge in [0.2, 0.25) is 0 Å². The van der Waals surface area contributed by atoms with Crippen LogP contribution in [0.25, 0.3) is 0 Å². The summed E-state index contributed by atoms with van der Waals surface area (Å²) in [4.78, 5) is 0. The lowest BCUT2D eigenvalue weighted by Gasteiger charge is -1.97. The van der Waals surface area contributed by atoms with Crippen LogP contribution in [-0.2, 0) is 6.54 Å². The van der Waals surface area contributed by atoms with Crippen molar-refractivity contribution >= 4 is 0 Å². The van der Waals surface area contributed by atoms with E-state index in [1.54, 1.807) is 0 Å². The Hall–Kier alpha value is -0.820. The third-order valence-electron chi connectivity index (χ3n) is 3.21. The van der Waals surface area contributed by atoms with Crippen molar-refractivity contribution in [3.63, 3.8) is 0 Å². The smallest absolute Gasteiger partial charge is 0.168 e. The average Bonchev–Trinajstić information content (AvgIpc) is 2.42. The Morgan fingerprint density at radius 2 is 1.42 bits per heavy atom. The number of aryl methyl sites for hydroxylation is 1. The first-order valence-electron chi connectivity index (χ1n) is 7.52. The SMILES string of the molecule is CCCCCC=CCCCCC[n+]1ccccc1.[Cl-]. The average molecular weight is 282 g/mol. The molecule has 108 valence electrons. The van der Waals surface area contributed by atoms with Crippen molar-refractivity contribution in [3.05, 3.63) is 42.7 Å². The summed E-state index contributed by atoms with van der Waals surface area (Å²) in [5.74, 6) is 0. The summed E-state index contributed by atoms with van der Waals surface area (Å²) < 4.78 is 2.26. The molecule has 0 aromatic carbocycles. The summed E-state index contributed by atoms with van der Waals surface area (Å²) in [6.45, 7) is 3.41. The van der Waals surface area contributed by atoms with Gasteiger partial charge in [0.1, 0.15) is 6.54 Å². The van der Waals surface area contributed by atoms with E-state index in [0.717, 1.165) is 6.54 Å². The lowest BCUT2D eigenvalue weighted by Crippen LogP contribution is -3.00. The first-order chi connectivity index (χ1) is 8.93. The van der Waals surface area contributed by atoms with Crippen LogP contribution in [0, 0.1) is 0 Å². The van der Waals surface area contributed by atoms with Crippen LogP contribution in [0.2, 0.25) is 0 Å². The maximum atomic E-state index is 2.37. The van der Waals surface area contributed by atoms with Gasteiger partial charge in [-0.25, -0.2) is 4.57 Å². The van der Waals surface area contributed by atoms with Crippen LogP contribution < -0.4 is 17.0 Å². The monoisotopic (exact) mass is 281 g/mol. The van der Waals surface area contributed by atoms with Crippen molar-refractivity contribution in [3.8, 4) is 0 Å². The fourth-order valence-corrected chi connectivity index (χ4v) is 2.06. The lowest BCUT2D eigenvalue weighted by molar-refractivity contribution is -0.697. The van der Waals surface area contributed by atoms with Gasteiger partial charge in [-0.2, -0.15) is 0 Å². The summed E-state index contributed by atoms with van der Waals surface area (Å²) in [5.41, 5.74) is 0. The molecule has 1 aromatic heterocycles. The number of halogens is 1. The Morgan fingerprint density at radius 3 is 2.05 bits per heavy atom. The molecule has 0 atom stereocenters. The summed E-state index contributed by atoms with van der Waals surface area (Å²) in [7, 11) is 0. The molecule has 1 rings (SSSR count). The predicted molar refractivity (Wildman–Crippen MR) is 78.4 cm³/mol. The standard InChI is InChI=1S/C17H28N.ClH/c1-2-3-4-5-6-7-8-9-10-12-15-18-16-13-11-14-17-18;/h6-7,11,13-14,16-17H,2-5,8-10,12,15H2,1H3;1H/q+1;/p-1. The topological polar surface area (TPSA) is 3.88 Å². The molecule has 0 fully saturated rings. The normalized spacial score (nSPS) is 10.6. The Balaban J connectivity index is 0.00000324. The molecule has 0 unspecified atom stereocenters. The van der Waals surface area contributed by atoms with Gasteiger partial charge in [-0.15, -0.1) is 0 Å². The van der Waals surface area contributed by atoms with E-state index in [9.17, 15) is 0 Å². The van der Waals surface area contributed by atoms with Gasteiger partial charge in [0.25, 0.3) is 0 Å². The van der Waals surface area contributed by atoms with Gasteiger partial charge < -0.3 is 12.4 Å². The second kappa shape index (κ2) is 13.6. The molecule has 0 N–H and O–H groups in total. The molecular formula is C17H28ClN. The maximum Gasteiger partial charge on any atom is 0.168 e. The van der Waals surface area contributed by atoms with Gasteiger partial charge in [-0.3, -0.25) is 0 Å². The molecular weight excluding hydrogens is 254 g/mol. The Kier molecular flexibility index (Phi) is 13.0. The minimum absolute atomic E-state index is 0. The zero-order valence-corrected chi connectivity index (χ0v) is 13.0. The lowest BCUT2D eigenvalue weighted by atomic mass is 10.1. The second-order valence-electron chi connectivity index (χ2n) is 4.93. The molecule has 0 radical (unpaired) electrons. The van der Waals surface area contributed by atoms with Crippen LogP contribution >= 0.6 is 0 Å². The molecule has 0 spiro atoms. The zero-order valence-electron chi connectivity index (χ0n) is 12.2. The van der Waals surface area contributed by atoms with Crippen LogP contribution in [0.3, 0.4) is 0 Å². The fourth-order valence-electron chi connectivity index (χ4n) is 2.06. The van der Waals surface area contributed by atoms with Gasteiger partial charge in [0.05, 0.1) is 0 Å². The van der Waals surface area contributed by atoms with Gasteiger partial charge in [-0.1, -0.05) is 38.0 Å². The minimum atomic E-state index is 0. The molecule has 2 heteroatoms. The highest BCUT2D eigenvalue weighted by atomic mass is 35.5. The molecule has 0 saturated carbocycles. The van der Waals surface area contributed by atoms with Crippen LogP contribution in [-0.4, -0.2) is 0 Å². The maximum absolute atomic E-state index is 2.37. The molecule has 0 aliphatic heterocycles. The van der Waals surface area contributed by atoms with E-state index >= 15 is 0 Å². The Labute approximate surface area is 125 Å². The summed E-state index contributed by atoms with van der Waals surface area (Å²) in [5, 5.41) is 0. The number of nitrogens with zero attached hydrogens (tertiary/aromatic N) is 1. The number of hydrogen-bond acceptors (Lipinski definition) is 0. The van der Waals surface area contributed by atoms with Crippen molar-refractivity contribution in [2.75, 3.05) is 0 Å². The number of rotatable bonds is 10. The number of hydrogen-bond donors (Lipinski definition) is 0. The van der Waals surface area contributed by atoms with E-state index in [1.165, 1.54) is 51.4 Å². The van der Waals surface area contributed by atoms with E-state index in [0.29, 0.717) is 0 Å². The highest BCUT2D eigenvalue weighted by Crippen LogP contribution is 2.04. The van der Waals surface area contributed by atoms with E-state index < -0.39 is 0 Å². The highest BCUT2D eigenvalue weighted by molar-refractivity contribution is 4.83. The summed E-state index contributed by atoms with van der Waals surface area (Å²) >= 11 is 0. The van der Waals surface area contributed by atoms with Crippen molar-refractivity contribution in [1.29, 1.82) is 0 Å². The van der Waals surface area contributed by atoms with E-state index in [1.807, 2.05) is 0 Å². The molecule has 0 saturated heterocycles. The van der Waals surface area contributed by atoms with Gasteiger partial charge >= 0.3 is 0 Å². The Bertz CT molecular complexity index is 308. The molecule has 0 amide bonds. The van der Waals surface area contributed by atoms with E-state index in [4.69, 9.17) is 0 Å². The number of allylic oxidation sites excluding steroid dienone is 2. The molecule has 1 aromatic rings. The third-order valence-corrected chi connectivity index (χ3v) is 3.21. The Morgan fingerprint density at radius 1 is 0.789 bits per heavy atom. The minimum Gasteiger partial charge on any atom is -1.00 e. The summed E-state index contributed by atoms with van der Waals surface area (Å²) in [6.07, 6.45) is 19.6. The molecule has 1 heterocycles. The molecule has 0 aliphatic rings. The largest absolute Gasteiger partial charge is 1.00 e. The second-order valence-corrected chi connectivity index (χ2v) is 4.93. The first kappa shape index (κ1) is 18.2. The van der Waals surface area contributed by atoms with Crippen LogP contribution in [0.5, 0.6) is 0 Å². The molecule has 19 heavy (non-hydrogen) atoms. The number of pyridine rings is 1. The van der Waals surface area contributed by atoms with E-state index in [2.05, 4.69) is 54.2 Å². The molecule has 0 aliphatic carbocycles. The van der Waals surface area contributed by atoms with Crippen molar-refractivity contribution in [1.82, 2.24) is 0 Å². The predicted octanol–water partition coefficient (Wildman–Crippen LogP) is 1.67. The third kappa shape index (κ3) is 10.8. The van der Waals surface area contributed by atoms with Gasteiger partial charge in [-0.05, 0) is 32.1 Å². The quantitative estimate of drug-likeness (QED) is 0.349. The number of aromatic nitrogens is 1. The van der Waals surface area contributed by atoms with E-state index in [-0.39, 0.29) is 12.4 Å².